The van der Waals surface area contributed by atoms with Crippen LogP contribution in [0.1, 0.15) is 31.4 Å². The lowest BCUT2D eigenvalue weighted by molar-refractivity contribution is -0.135. The molecule has 1 aliphatic heterocycles. The number of hydrogen-bond donors (Lipinski definition) is 1. The summed E-state index contributed by atoms with van der Waals surface area (Å²) in [4.78, 5) is 29.4. The van der Waals surface area contributed by atoms with Gasteiger partial charge in [-0.2, -0.15) is 4.98 Å². The quantitative estimate of drug-likeness (QED) is 0.548. The molecule has 0 radical (unpaired) electrons. The Labute approximate surface area is 191 Å². The second-order valence-electron chi connectivity index (χ2n) is 7.98. The molecular formula is C22H27ClN6O3. The van der Waals surface area contributed by atoms with E-state index in [4.69, 9.17) is 26.5 Å². The van der Waals surface area contributed by atoms with E-state index in [0.717, 1.165) is 38.2 Å². The van der Waals surface area contributed by atoms with E-state index in [1.807, 2.05) is 4.90 Å². The van der Waals surface area contributed by atoms with Crippen LogP contribution in [0, 0.1) is 0 Å². The van der Waals surface area contributed by atoms with Crippen LogP contribution in [0.5, 0.6) is 5.75 Å². The maximum Gasteiger partial charge on any atom is 0.260 e. The van der Waals surface area contributed by atoms with Gasteiger partial charge in [-0.05, 0) is 43.7 Å². The third-order valence-electron chi connectivity index (χ3n) is 5.72. The Balaban J connectivity index is 1.18. The monoisotopic (exact) mass is 458 g/mol. The summed E-state index contributed by atoms with van der Waals surface area (Å²) in [5, 5.41) is 0.641. The third-order valence-corrected chi connectivity index (χ3v) is 5.97. The number of hydrogen-bond acceptors (Lipinski definition) is 8. The number of ether oxygens (including phenoxy) is 1. The van der Waals surface area contributed by atoms with Gasteiger partial charge in [-0.3, -0.25) is 9.69 Å². The molecule has 1 atom stereocenters. The van der Waals surface area contributed by atoms with Crippen LogP contribution in [0.15, 0.2) is 35.1 Å². The Morgan fingerprint density at radius 3 is 2.72 bits per heavy atom. The van der Waals surface area contributed by atoms with Gasteiger partial charge < -0.3 is 19.8 Å². The molecule has 4 rings (SSSR count). The molecule has 1 fully saturated rings. The van der Waals surface area contributed by atoms with Crippen molar-refractivity contribution in [3.63, 3.8) is 0 Å². The predicted molar refractivity (Wildman–Crippen MR) is 122 cm³/mol. The zero-order valence-corrected chi connectivity index (χ0v) is 18.8. The van der Waals surface area contributed by atoms with Crippen molar-refractivity contribution in [1.29, 1.82) is 0 Å². The molecule has 2 N–H and O–H groups in total. The first-order chi connectivity index (χ1) is 15.5. The van der Waals surface area contributed by atoms with Gasteiger partial charge in [-0.15, -0.1) is 0 Å². The summed E-state index contributed by atoms with van der Waals surface area (Å²) in [6.45, 7) is 6.26. The molecule has 0 bridgehead atoms. The minimum Gasteiger partial charge on any atom is -0.484 e. The summed E-state index contributed by atoms with van der Waals surface area (Å²) in [6.07, 6.45) is 3.33. The minimum atomic E-state index is 0.00574. The Hall–Kier alpha value is -2.91. The van der Waals surface area contributed by atoms with Gasteiger partial charge in [0.15, 0.2) is 18.5 Å². The van der Waals surface area contributed by atoms with Gasteiger partial charge in [0.25, 0.3) is 11.6 Å². The topological polar surface area (TPSA) is 111 Å². The molecule has 0 aliphatic carbocycles. The van der Waals surface area contributed by atoms with Crippen LogP contribution in [0.3, 0.4) is 0 Å². The van der Waals surface area contributed by atoms with Gasteiger partial charge in [0.2, 0.25) is 5.95 Å². The van der Waals surface area contributed by atoms with Gasteiger partial charge >= 0.3 is 0 Å². The number of piperazine rings is 1. The third kappa shape index (κ3) is 5.46. The maximum atomic E-state index is 12.4. The lowest BCUT2D eigenvalue weighted by Gasteiger charge is -2.34. The van der Waals surface area contributed by atoms with Crippen molar-refractivity contribution < 1.29 is 13.9 Å². The van der Waals surface area contributed by atoms with Crippen molar-refractivity contribution in [3.05, 3.63) is 41.4 Å². The van der Waals surface area contributed by atoms with E-state index in [2.05, 4.69) is 26.8 Å². The van der Waals surface area contributed by atoms with Crippen molar-refractivity contribution in [2.45, 2.75) is 25.7 Å². The fourth-order valence-corrected chi connectivity index (χ4v) is 4.02. The largest absolute Gasteiger partial charge is 0.484 e. The Morgan fingerprint density at radius 2 is 1.97 bits per heavy atom. The van der Waals surface area contributed by atoms with Crippen LogP contribution >= 0.6 is 11.6 Å². The van der Waals surface area contributed by atoms with E-state index in [9.17, 15) is 4.79 Å². The second kappa shape index (κ2) is 10.1. The number of carbonyl (C=O) groups excluding carboxylic acids is 1. The van der Waals surface area contributed by atoms with Crippen molar-refractivity contribution in [1.82, 2.24) is 24.8 Å². The lowest BCUT2D eigenvalue weighted by atomic mass is 10.0. The summed E-state index contributed by atoms with van der Waals surface area (Å²) in [5.74, 6) is 1.05. The number of oxazole rings is 1. The van der Waals surface area contributed by atoms with E-state index in [1.165, 1.54) is 6.39 Å². The molecule has 32 heavy (non-hydrogen) atoms. The van der Waals surface area contributed by atoms with Gasteiger partial charge in [-0.1, -0.05) is 18.5 Å². The van der Waals surface area contributed by atoms with Crippen LogP contribution in [0.4, 0.5) is 5.95 Å². The van der Waals surface area contributed by atoms with Gasteiger partial charge in [0.05, 0.1) is 5.69 Å². The van der Waals surface area contributed by atoms with Crippen LogP contribution in [0.25, 0.3) is 11.2 Å². The number of carbonyl (C=O) groups is 1. The Kier molecular flexibility index (Phi) is 7.06. The van der Waals surface area contributed by atoms with Gasteiger partial charge in [0, 0.05) is 37.1 Å². The van der Waals surface area contributed by atoms with Crippen LogP contribution in [-0.4, -0.2) is 70.0 Å². The average molecular weight is 459 g/mol. The molecule has 170 valence electrons. The molecule has 3 heterocycles. The Morgan fingerprint density at radius 1 is 1.22 bits per heavy atom. The molecule has 10 heteroatoms. The average Bonchev–Trinajstić information content (AvgIpc) is 3.26. The van der Waals surface area contributed by atoms with E-state index < -0.39 is 0 Å². The number of benzene rings is 1. The van der Waals surface area contributed by atoms with Gasteiger partial charge in [-0.25, -0.2) is 9.97 Å². The van der Waals surface area contributed by atoms with E-state index in [0.29, 0.717) is 35.1 Å². The maximum absolute atomic E-state index is 12.4. The second-order valence-corrected chi connectivity index (χ2v) is 8.42. The highest BCUT2D eigenvalue weighted by Crippen LogP contribution is 2.26. The standard InChI is InChI=1S/C22H27ClN6O3/c1-15(19-20-21(32-14-25-20)27-22(24)26-19)3-2-8-28-9-11-29(12-10-28)18(30)13-31-17-6-4-16(23)5-7-17/h4-7,14-15H,2-3,8-13H2,1H3,(H2,24,26,27). The number of rotatable bonds is 8. The normalized spacial score (nSPS) is 15.8. The number of anilines is 1. The van der Waals surface area contributed by atoms with Crippen molar-refractivity contribution >= 4 is 34.7 Å². The molecule has 1 aliphatic rings. The molecule has 1 aromatic carbocycles. The van der Waals surface area contributed by atoms with Crippen molar-refractivity contribution in [2.75, 3.05) is 45.1 Å². The highest BCUT2D eigenvalue weighted by atomic mass is 35.5. The van der Waals surface area contributed by atoms with Crippen LogP contribution < -0.4 is 10.5 Å². The Bertz CT molecular complexity index is 1050. The lowest BCUT2D eigenvalue weighted by Crippen LogP contribution is -2.50. The summed E-state index contributed by atoms with van der Waals surface area (Å²) in [5.41, 5.74) is 7.74. The van der Waals surface area contributed by atoms with E-state index >= 15 is 0 Å². The predicted octanol–water partition coefficient (Wildman–Crippen LogP) is 2.96. The molecular weight excluding hydrogens is 432 g/mol. The first-order valence-corrected chi connectivity index (χ1v) is 11.1. The zero-order valence-electron chi connectivity index (χ0n) is 18.0. The highest BCUT2D eigenvalue weighted by molar-refractivity contribution is 6.30. The SMILES string of the molecule is CC(CCCN1CCN(C(=O)COc2ccc(Cl)cc2)CC1)c1nc(N)nc2ocnc12. The summed E-state index contributed by atoms with van der Waals surface area (Å²) in [6, 6.07) is 7.01. The fraction of sp³-hybridized carbons (Fsp3) is 0.455. The molecule has 1 unspecified atom stereocenters. The zero-order chi connectivity index (χ0) is 22.5. The number of nitrogen functional groups attached to an aromatic ring is 1. The van der Waals surface area contributed by atoms with Crippen molar-refractivity contribution in [2.24, 2.45) is 0 Å². The van der Waals surface area contributed by atoms with E-state index in [-0.39, 0.29) is 24.4 Å². The minimum absolute atomic E-state index is 0.00574. The van der Waals surface area contributed by atoms with Crippen LogP contribution in [-0.2, 0) is 4.79 Å². The summed E-state index contributed by atoms with van der Waals surface area (Å²) in [7, 11) is 0. The number of aromatic nitrogens is 3. The molecule has 1 saturated heterocycles. The molecule has 0 saturated carbocycles. The molecule has 0 spiro atoms. The summed E-state index contributed by atoms with van der Waals surface area (Å²) >= 11 is 5.87. The summed E-state index contributed by atoms with van der Waals surface area (Å²) < 4.78 is 10.8. The molecule has 9 nitrogen and oxygen atoms in total. The number of fused-ring (bicyclic) bond motifs is 1. The van der Waals surface area contributed by atoms with E-state index in [1.54, 1.807) is 24.3 Å². The van der Waals surface area contributed by atoms with Crippen molar-refractivity contribution in [3.8, 4) is 5.75 Å². The number of amides is 1. The molecule has 3 aromatic rings. The number of nitrogens with zero attached hydrogens (tertiary/aromatic N) is 5. The first kappa shape index (κ1) is 22.3. The number of nitrogens with two attached hydrogens (primary N) is 1. The van der Waals surface area contributed by atoms with Crippen LogP contribution in [0.2, 0.25) is 5.02 Å². The molecule has 1 amide bonds. The molecule has 2 aromatic heterocycles. The fourth-order valence-electron chi connectivity index (χ4n) is 3.89. The first-order valence-electron chi connectivity index (χ1n) is 10.7. The number of halogens is 1. The smallest absolute Gasteiger partial charge is 0.260 e. The highest BCUT2D eigenvalue weighted by Gasteiger charge is 2.22. The van der Waals surface area contributed by atoms with Gasteiger partial charge in [0.1, 0.15) is 5.75 Å².